The second-order valence-corrected chi connectivity index (χ2v) is 3.75. The van der Waals surface area contributed by atoms with Crippen LogP contribution in [0.15, 0.2) is 24.3 Å². The van der Waals surface area contributed by atoms with E-state index < -0.39 is 12.0 Å². The van der Waals surface area contributed by atoms with E-state index in [9.17, 15) is 9.59 Å². The summed E-state index contributed by atoms with van der Waals surface area (Å²) >= 11 is 0. The summed E-state index contributed by atoms with van der Waals surface area (Å²) in [7, 11) is 0. The third kappa shape index (κ3) is 1.71. The second-order valence-electron chi connectivity index (χ2n) is 3.75. The Labute approximate surface area is 92.5 Å². The highest BCUT2D eigenvalue weighted by atomic mass is 16.4. The quantitative estimate of drug-likeness (QED) is 0.724. The molecule has 5 heteroatoms. The van der Waals surface area contributed by atoms with Crippen LogP contribution in [0, 0.1) is 0 Å². The smallest absolute Gasteiger partial charge is 0.326 e. The predicted molar refractivity (Wildman–Crippen MR) is 59.0 cm³/mol. The molecule has 0 unspecified atom stereocenters. The molecule has 0 saturated carbocycles. The number of rotatable bonds is 2. The van der Waals surface area contributed by atoms with Crippen molar-refractivity contribution < 1.29 is 14.7 Å². The van der Waals surface area contributed by atoms with Gasteiger partial charge in [0, 0.05) is 17.8 Å². The summed E-state index contributed by atoms with van der Waals surface area (Å²) in [6.07, 6.45) is 0.639. The number of benzene rings is 1. The third-order valence-electron chi connectivity index (χ3n) is 2.67. The Hall–Kier alpha value is -2.04. The van der Waals surface area contributed by atoms with Gasteiger partial charge in [-0.05, 0) is 30.7 Å². The van der Waals surface area contributed by atoms with Crippen LogP contribution < -0.4 is 10.6 Å². The number of nitrogens with zero attached hydrogens (tertiary/aromatic N) is 1. The normalized spacial score (nSPS) is 20.1. The van der Waals surface area contributed by atoms with Crippen molar-refractivity contribution in [3.8, 4) is 0 Å². The van der Waals surface area contributed by atoms with E-state index in [1.807, 2.05) is 0 Å². The molecule has 2 rings (SSSR count). The molecule has 1 saturated heterocycles. The van der Waals surface area contributed by atoms with Gasteiger partial charge in [0.1, 0.15) is 6.04 Å². The van der Waals surface area contributed by atoms with Crippen molar-refractivity contribution >= 4 is 23.3 Å². The van der Waals surface area contributed by atoms with Gasteiger partial charge in [-0.25, -0.2) is 4.79 Å². The van der Waals surface area contributed by atoms with Gasteiger partial charge >= 0.3 is 5.97 Å². The number of carbonyl (C=O) groups is 2. The Bertz CT molecular complexity index is 427. The van der Waals surface area contributed by atoms with Gasteiger partial charge in [0.15, 0.2) is 0 Å². The first kappa shape index (κ1) is 10.5. The molecule has 0 radical (unpaired) electrons. The minimum atomic E-state index is -0.970. The summed E-state index contributed by atoms with van der Waals surface area (Å²) < 4.78 is 0. The first-order valence-corrected chi connectivity index (χ1v) is 5.00. The molecule has 1 atom stereocenters. The molecule has 1 amide bonds. The van der Waals surface area contributed by atoms with Crippen LogP contribution in [-0.2, 0) is 9.59 Å². The van der Waals surface area contributed by atoms with E-state index in [0.717, 1.165) is 0 Å². The SMILES string of the molecule is Nc1ccc(N2C(=O)CC[C@H]2C(=O)O)cc1. The Balaban J connectivity index is 2.33. The number of anilines is 2. The molecule has 1 heterocycles. The first-order chi connectivity index (χ1) is 7.59. The maximum Gasteiger partial charge on any atom is 0.326 e. The topological polar surface area (TPSA) is 83.6 Å². The van der Waals surface area contributed by atoms with Crippen LogP contribution in [0.4, 0.5) is 11.4 Å². The van der Waals surface area contributed by atoms with Gasteiger partial charge in [0.05, 0.1) is 0 Å². The molecule has 0 spiro atoms. The van der Waals surface area contributed by atoms with Gasteiger partial charge in [-0.3, -0.25) is 9.69 Å². The fourth-order valence-electron chi connectivity index (χ4n) is 1.88. The fraction of sp³-hybridized carbons (Fsp3) is 0.273. The van der Waals surface area contributed by atoms with Gasteiger partial charge in [-0.2, -0.15) is 0 Å². The summed E-state index contributed by atoms with van der Waals surface area (Å²) in [5, 5.41) is 9.00. The number of nitrogen functional groups attached to an aromatic ring is 1. The van der Waals surface area contributed by atoms with Gasteiger partial charge < -0.3 is 10.8 Å². The largest absolute Gasteiger partial charge is 0.480 e. The lowest BCUT2D eigenvalue weighted by Gasteiger charge is -2.21. The van der Waals surface area contributed by atoms with Crippen LogP contribution in [0.3, 0.4) is 0 Å². The fourth-order valence-corrected chi connectivity index (χ4v) is 1.88. The first-order valence-electron chi connectivity index (χ1n) is 5.00. The molecular weight excluding hydrogens is 208 g/mol. The average Bonchev–Trinajstić information content (AvgIpc) is 2.62. The van der Waals surface area contributed by atoms with Crippen molar-refractivity contribution in [2.75, 3.05) is 10.6 Å². The zero-order valence-electron chi connectivity index (χ0n) is 8.59. The molecule has 1 aliphatic rings. The van der Waals surface area contributed by atoms with Gasteiger partial charge in [0.25, 0.3) is 0 Å². The number of carboxylic acid groups (broad SMARTS) is 1. The van der Waals surface area contributed by atoms with Crippen molar-refractivity contribution in [1.82, 2.24) is 0 Å². The minimum absolute atomic E-state index is 0.155. The van der Waals surface area contributed by atoms with Crippen LogP contribution in [0.1, 0.15) is 12.8 Å². The summed E-state index contributed by atoms with van der Waals surface area (Å²) in [6.45, 7) is 0. The Morgan fingerprint density at radius 3 is 2.56 bits per heavy atom. The molecule has 3 N–H and O–H groups in total. The third-order valence-corrected chi connectivity index (χ3v) is 2.67. The highest BCUT2D eigenvalue weighted by Gasteiger charge is 2.36. The number of amides is 1. The zero-order chi connectivity index (χ0) is 11.7. The van der Waals surface area contributed by atoms with Crippen LogP contribution in [-0.4, -0.2) is 23.0 Å². The maximum atomic E-state index is 11.6. The number of carbonyl (C=O) groups excluding carboxylic acids is 1. The maximum absolute atomic E-state index is 11.6. The van der Waals surface area contributed by atoms with E-state index >= 15 is 0 Å². The van der Waals surface area contributed by atoms with Gasteiger partial charge in [-0.15, -0.1) is 0 Å². The number of hydrogen-bond donors (Lipinski definition) is 2. The van der Waals surface area contributed by atoms with Crippen LogP contribution in [0.2, 0.25) is 0 Å². The standard InChI is InChI=1S/C11H12N2O3/c12-7-1-3-8(4-2-7)13-9(11(15)16)5-6-10(13)14/h1-4,9H,5-6,12H2,(H,15,16)/t9-/m0/s1. The Morgan fingerprint density at radius 1 is 1.38 bits per heavy atom. The summed E-state index contributed by atoms with van der Waals surface area (Å²) in [5.41, 5.74) is 6.71. The molecule has 84 valence electrons. The van der Waals surface area contributed by atoms with E-state index in [1.54, 1.807) is 24.3 Å². The second kappa shape index (κ2) is 3.84. The van der Waals surface area contributed by atoms with E-state index in [1.165, 1.54) is 4.90 Å². The van der Waals surface area contributed by atoms with Crippen molar-refractivity contribution in [3.63, 3.8) is 0 Å². The van der Waals surface area contributed by atoms with E-state index in [0.29, 0.717) is 17.8 Å². The number of carboxylic acids is 1. The lowest BCUT2D eigenvalue weighted by atomic mass is 10.2. The molecule has 16 heavy (non-hydrogen) atoms. The van der Waals surface area contributed by atoms with Crippen molar-refractivity contribution in [1.29, 1.82) is 0 Å². The van der Waals surface area contributed by atoms with Crippen molar-refractivity contribution in [3.05, 3.63) is 24.3 Å². The lowest BCUT2D eigenvalue weighted by molar-refractivity contribution is -0.138. The minimum Gasteiger partial charge on any atom is -0.480 e. The highest BCUT2D eigenvalue weighted by molar-refractivity contribution is 6.02. The van der Waals surface area contributed by atoms with Crippen LogP contribution in [0.25, 0.3) is 0 Å². The lowest BCUT2D eigenvalue weighted by Crippen LogP contribution is -2.38. The zero-order valence-corrected chi connectivity index (χ0v) is 8.59. The Morgan fingerprint density at radius 2 is 2.00 bits per heavy atom. The molecule has 0 aromatic heterocycles. The summed E-state index contributed by atoms with van der Waals surface area (Å²) in [4.78, 5) is 23.9. The summed E-state index contributed by atoms with van der Waals surface area (Å²) in [6, 6.07) is 5.87. The van der Waals surface area contributed by atoms with Gasteiger partial charge in [-0.1, -0.05) is 0 Å². The van der Waals surface area contributed by atoms with Crippen LogP contribution in [0.5, 0.6) is 0 Å². The number of hydrogen-bond acceptors (Lipinski definition) is 3. The number of aliphatic carboxylic acids is 1. The predicted octanol–water partition coefficient (Wildman–Crippen LogP) is 0.849. The van der Waals surface area contributed by atoms with Crippen molar-refractivity contribution in [2.24, 2.45) is 0 Å². The summed E-state index contributed by atoms with van der Waals surface area (Å²) in [5.74, 6) is -1.13. The molecule has 1 aliphatic heterocycles. The molecule has 0 bridgehead atoms. The monoisotopic (exact) mass is 220 g/mol. The van der Waals surface area contributed by atoms with Crippen LogP contribution >= 0.6 is 0 Å². The highest BCUT2D eigenvalue weighted by Crippen LogP contribution is 2.27. The van der Waals surface area contributed by atoms with E-state index in [-0.39, 0.29) is 12.3 Å². The molecule has 1 aromatic carbocycles. The van der Waals surface area contributed by atoms with E-state index in [2.05, 4.69) is 0 Å². The average molecular weight is 220 g/mol. The van der Waals surface area contributed by atoms with Crippen molar-refractivity contribution in [2.45, 2.75) is 18.9 Å². The molecule has 1 fully saturated rings. The molecule has 1 aromatic rings. The van der Waals surface area contributed by atoms with E-state index in [4.69, 9.17) is 10.8 Å². The Kier molecular flexibility index (Phi) is 2.52. The molecule has 5 nitrogen and oxygen atoms in total. The number of nitrogens with two attached hydrogens (primary N) is 1. The molecule has 0 aliphatic carbocycles. The van der Waals surface area contributed by atoms with Gasteiger partial charge in [0.2, 0.25) is 5.91 Å². The molecular formula is C11H12N2O3.